The Morgan fingerprint density at radius 2 is 1.61 bits per heavy atom. The fourth-order valence-corrected chi connectivity index (χ4v) is 5.99. The fraction of sp³-hybridized carbons (Fsp3) is 0.304. The number of carbonyl (C=O) groups excluding carboxylic acids is 3. The molecule has 0 radical (unpaired) electrons. The van der Waals surface area contributed by atoms with Crippen LogP contribution in [0, 0.1) is 0 Å². The summed E-state index contributed by atoms with van der Waals surface area (Å²) in [4.78, 5) is 42.5. The van der Waals surface area contributed by atoms with E-state index in [1.165, 1.54) is 11.8 Å². The molecule has 4 rings (SSSR count). The van der Waals surface area contributed by atoms with Crippen LogP contribution in [0.1, 0.15) is 23.7 Å². The number of Topliss-reactive ketones (excluding diaryl/α,β-unsaturated/α-hetero) is 1. The number of thioether (sulfide) groups is 1. The van der Waals surface area contributed by atoms with Gasteiger partial charge in [-0.25, -0.2) is 4.90 Å². The van der Waals surface area contributed by atoms with E-state index in [0.29, 0.717) is 23.0 Å². The summed E-state index contributed by atoms with van der Waals surface area (Å²) in [5.41, 5.74) is 1.98. The highest BCUT2D eigenvalue weighted by Gasteiger charge is 2.42. The molecule has 2 aliphatic heterocycles. The van der Waals surface area contributed by atoms with Crippen LogP contribution < -0.4 is 9.80 Å². The van der Waals surface area contributed by atoms with Gasteiger partial charge in [-0.05, 0) is 43.3 Å². The van der Waals surface area contributed by atoms with Crippen molar-refractivity contribution in [2.45, 2.75) is 18.6 Å². The van der Waals surface area contributed by atoms with E-state index >= 15 is 0 Å². The van der Waals surface area contributed by atoms with Gasteiger partial charge in [0.2, 0.25) is 11.8 Å². The maximum atomic E-state index is 13.0. The second-order valence-electron chi connectivity index (χ2n) is 7.79. The van der Waals surface area contributed by atoms with Gasteiger partial charge in [-0.1, -0.05) is 53.2 Å². The molecule has 172 valence electrons. The number of carbonyl (C=O) groups is 3. The number of ketones is 1. The molecule has 0 spiro atoms. The normalized spacial score (nSPS) is 18.8. The average Bonchev–Trinajstić information content (AvgIpc) is 3.07. The van der Waals surface area contributed by atoms with E-state index in [9.17, 15) is 14.4 Å². The van der Waals surface area contributed by atoms with Crippen LogP contribution in [0.5, 0.6) is 0 Å². The Balaban J connectivity index is 1.36. The Morgan fingerprint density at radius 1 is 1.00 bits per heavy atom. The smallest absolute Gasteiger partial charge is 0.247 e. The molecule has 2 aromatic rings. The molecule has 33 heavy (non-hydrogen) atoms. The number of para-hydroxylation sites is 1. The van der Waals surface area contributed by atoms with Gasteiger partial charge in [0, 0.05) is 43.9 Å². The standard InChI is InChI=1S/C23H21Cl2N3O3S2/c1-14(29)15-5-7-16(8-6-15)26-9-11-27(12-10-26)23(32)33-19-13-20(30)28(22(19)31)21-17(24)3-2-4-18(21)25/h2-8,19H,9-13H2,1H3/t19-/m1/s1. The number of thiocarbonyl (C=S) groups is 1. The van der Waals surface area contributed by atoms with E-state index < -0.39 is 5.25 Å². The summed E-state index contributed by atoms with van der Waals surface area (Å²) in [5, 5.41) is -0.0933. The molecule has 10 heteroatoms. The Labute approximate surface area is 211 Å². The van der Waals surface area contributed by atoms with Gasteiger partial charge in [-0.2, -0.15) is 0 Å². The van der Waals surface area contributed by atoms with E-state index in [4.69, 9.17) is 35.4 Å². The summed E-state index contributed by atoms with van der Waals surface area (Å²) in [6.45, 7) is 4.49. The van der Waals surface area contributed by atoms with Crippen LogP contribution >= 0.6 is 47.2 Å². The predicted octanol–water partition coefficient (Wildman–Crippen LogP) is 4.67. The third-order valence-corrected chi connectivity index (χ3v) is 7.96. The lowest BCUT2D eigenvalue weighted by molar-refractivity contribution is -0.121. The molecular formula is C23H21Cl2N3O3S2. The van der Waals surface area contributed by atoms with Crippen LogP contribution in [0.2, 0.25) is 10.0 Å². The summed E-state index contributed by atoms with van der Waals surface area (Å²) in [6, 6.07) is 12.4. The summed E-state index contributed by atoms with van der Waals surface area (Å²) in [6.07, 6.45) is 0.0493. The van der Waals surface area contributed by atoms with Crippen molar-refractivity contribution in [1.29, 1.82) is 0 Å². The number of halogens is 2. The number of benzene rings is 2. The molecule has 2 amide bonds. The van der Waals surface area contributed by atoms with Crippen molar-refractivity contribution < 1.29 is 14.4 Å². The van der Waals surface area contributed by atoms with E-state index in [1.54, 1.807) is 25.1 Å². The molecule has 2 saturated heterocycles. The summed E-state index contributed by atoms with van der Waals surface area (Å²) >= 11 is 19.3. The lowest BCUT2D eigenvalue weighted by Gasteiger charge is -2.37. The van der Waals surface area contributed by atoms with Crippen LogP contribution in [0.25, 0.3) is 0 Å². The second-order valence-corrected chi connectivity index (χ2v) is 10.4. The summed E-state index contributed by atoms with van der Waals surface area (Å²) in [5.74, 6) is -0.648. The minimum absolute atomic E-state index is 0.0454. The number of imide groups is 1. The molecular weight excluding hydrogens is 501 g/mol. The Bertz CT molecular complexity index is 1100. The number of nitrogens with zero attached hydrogens (tertiary/aromatic N) is 3. The zero-order valence-electron chi connectivity index (χ0n) is 17.8. The first-order valence-electron chi connectivity index (χ1n) is 10.4. The quantitative estimate of drug-likeness (QED) is 0.329. The number of amides is 2. The third-order valence-electron chi connectivity index (χ3n) is 5.69. The van der Waals surface area contributed by atoms with Gasteiger partial charge in [0.25, 0.3) is 0 Å². The van der Waals surface area contributed by atoms with E-state index in [2.05, 4.69) is 9.80 Å². The molecule has 6 nitrogen and oxygen atoms in total. The second kappa shape index (κ2) is 10.0. The molecule has 0 saturated carbocycles. The van der Waals surface area contributed by atoms with Crippen molar-refractivity contribution >= 4 is 80.5 Å². The first kappa shape index (κ1) is 24.0. The number of anilines is 2. The molecule has 0 N–H and O–H groups in total. The molecule has 2 fully saturated rings. The van der Waals surface area contributed by atoms with Gasteiger partial charge >= 0.3 is 0 Å². The predicted molar refractivity (Wildman–Crippen MR) is 138 cm³/mol. The maximum absolute atomic E-state index is 13.0. The molecule has 2 aliphatic rings. The van der Waals surface area contributed by atoms with Gasteiger partial charge in [0.1, 0.15) is 9.57 Å². The minimum Gasteiger partial charge on any atom is -0.368 e. The zero-order valence-corrected chi connectivity index (χ0v) is 20.9. The van der Waals surface area contributed by atoms with Crippen LogP contribution in [0.4, 0.5) is 11.4 Å². The molecule has 0 unspecified atom stereocenters. The number of hydrogen-bond acceptors (Lipinski definition) is 6. The number of rotatable bonds is 4. The van der Waals surface area contributed by atoms with Gasteiger partial charge in [0.15, 0.2) is 5.78 Å². The lowest BCUT2D eigenvalue weighted by atomic mass is 10.1. The Morgan fingerprint density at radius 3 is 2.18 bits per heavy atom. The highest BCUT2D eigenvalue weighted by atomic mass is 35.5. The van der Waals surface area contributed by atoms with Crippen LogP contribution in [0.3, 0.4) is 0 Å². The molecule has 0 aromatic heterocycles. The molecule has 0 aliphatic carbocycles. The van der Waals surface area contributed by atoms with Gasteiger partial charge in [0.05, 0.1) is 15.7 Å². The van der Waals surface area contributed by atoms with Crippen LogP contribution in [-0.4, -0.2) is 58.2 Å². The maximum Gasteiger partial charge on any atom is 0.247 e. The van der Waals surface area contributed by atoms with Crippen molar-refractivity contribution in [2.75, 3.05) is 36.0 Å². The summed E-state index contributed by atoms with van der Waals surface area (Å²) in [7, 11) is 0. The fourth-order valence-electron chi connectivity index (χ4n) is 3.88. The molecule has 2 aromatic carbocycles. The molecule has 0 bridgehead atoms. The van der Waals surface area contributed by atoms with Gasteiger partial charge < -0.3 is 9.80 Å². The van der Waals surface area contributed by atoms with Crippen molar-refractivity contribution in [3.8, 4) is 0 Å². The highest BCUT2D eigenvalue weighted by Crippen LogP contribution is 2.39. The third kappa shape index (κ3) is 5.04. The van der Waals surface area contributed by atoms with Crippen LogP contribution in [0.15, 0.2) is 42.5 Å². The molecule has 2 heterocycles. The minimum atomic E-state index is -0.602. The lowest BCUT2D eigenvalue weighted by Crippen LogP contribution is -2.48. The largest absolute Gasteiger partial charge is 0.368 e. The van der Waals surface area contributed by atoms with E-state index in [-0.39, 0.29) is 39.8 Å². The SMILES string of the molecule is CC(=O)c1ccc(N2CCN(C(=S)S[C@@H]3CC(=O)N(c4c(Cl)cccc4Cl)C3=O)CC2)cc1. The first-order valence-corrected chi connectivity index (χ1v) is 12.4. The van der Waals surface area contributed by atoms with E-state index in [1.807, 2.05) is 24.3 Å². The van der Waals surface area contributed by atoms with Crippen molar-refractivity contribution in [3.63, 3.8) is 0 Å². The van der Waals surface area contributed by atoms with Gasteiger partial charge in [-0.3, -0.25) is 14.4 Å². The van der Waals surface area contributed by atoms with Crippen LogP contribution in [-0.2, 0) is 9.59 Å². The van der Waals surface area contributed by atoms with E-state index in [0.717, 1.165) is 23.7 Å². The van der Waals surface area contributed by atoms with Crippen molar-refractivity contribution in [1.82, 2.24) is 4.90 Å². The zero-order chi connectivity index (χ0) is 23.7. The topological polar surface area (TPSA) is 60.9 Å². The average molecular weight is 522 g/mol. The van der Waals surface area contributed by atoms with Crippen molar-refractivity contribution in [2.24, 2.45) is 0 Å². The number of hydrogen-bond donors (Lipinski definition) is 0. The van der Waals surface area contributed by atoms with Gasteiger partial charge in [-0.15, -0.1) is 0 Å². The molecule has 1 atom stereocenters. The summed E-state index contributed by atoms with van der Waals surface area (Å²) < 4.78 is 0.597. The van der Waals surface area contributed by atoms with Crippen molar-refractivity contribution in [3.05, 3.63) is 58.1 Å². The monoisotopic (exact) mass is 521 g/mol. The Kier molecular flexibility index (Phi) is 7.28. The highest BCUT2D eigenvalue weighted by molar-refractivity contribution is 8.23. The Hall–Kier alpha value is -2.13. The number of piperazine rings is 1. The first-order chi connectivity index (χ1) is 15.8.